The first-order chi connectivity index (χ1) is 11.1. The molecule has 4 nitrogen and oxygen atoms in total. The van der Waals surface area contributed by atoms with E-state index in [0.717, 1.165) is 16.5 Å². The Kier molecular flexibility index (Phi) is 3.81. The summed E-state index contributed by atoms with van der Waals surface area (Å²) in [6.07, 6.45) is 0. The summed E-state index contributed by atoms with van der Waals surface area (Å²) in [6, 6.07) is 19.7. The maximum atomic E-state index is 12.5. The monoisotopic (exact) mass is 305 g/mol. The van der Waals surface area contributed by atoms with Crippen molar-refractivity contribution in [2.24, 2.45) is 0 Å². The number of amides is 1. The number of rotatable bonds is 3. The molecule has 0 unspecified atom stereocenters. The zero-order valence-corrected chi connectivity index (χ0v) is 12.6. The minimum atomic E-state index is -1.01. The van der Waals surface area contributed by atoms with Crippen molar-refractivity contribution >= 4 is 28.3 Å². The first-order valence-corrected chi connectivity index (χ1v) is 7.16. The Bertz CT molecular complexity index is 885. The van der Waals surface area contributed by atoms with Crippen LogP contribution in [-0.2, 0) is 0 Å². The van der Waals surface area contributed by atoms with Gasteiger partial charge < -0.3 is 10.0 Å². The van der Waals surface area contributed by atoms with Crippen LogP contribution in [0.4, 0.5) is 5.69 Å². The largest absolute Gasteiger partial charge is 0.478 e. The van der Waals surface area contributed by atoms with Crippen LogP contribution in [0.25, 0.3) is 10.8 Å². The van der Waals surface area contributed by atoms with Crippen LogP contribution >= 0.6 is 0 Å². The van der Waals surface area contributed by atoms with E-state index in [1.807, 2.05) is 42.5 Å². The predicted octanol–water partition coefficient (Wildman–Crippen LogP) is 3.81. The van der Waals surface area contributed by atoms with Gasteiger partial charge in [0.1, 0.15) is 0 Å². The second-order valence-corrected chi connectivity index (χ2v) is 5.28. The molecule has 4 heteroatoms. The quantitative estimate of drug-likeness (QED) is 0.800. The summed E-state index contributed by atoms with van der Waals surface area (Å²) in [5.74, 6) is -1.19. The number of fused-ring (bicyclic) bond motifs is 1. The lowest BCUT2D eigenvalue weighted by Gasteiger charge is -2.18. The van der Waals surface area contributed by atoms with Gasteiger partial charge in [-0.3, -0.25) is 4.79 Å². The SMILES string of the molecule is CN(C(=O)c1ccc(C(=O)O)cc1)c1ccc2ccccc2c1. The zero-order valence-electron chi connectivity index (χ0n) is 12.6. The molecule has 1 N–H and O–H groups in total. The number of carbonyl (C=O) groups is 2. The molecule has 3 aromatic rings. The van der Waals surface area contributed by atoms with Crippen molar-refractivity contribution in [3.8, 4) is 0 Å². The van der Waals surface area contributed by atoms with Crippen molar-refractivity contribution in [3.05, 3.63) is 77.9 Å². The molecule has 0 aliphatic rings. The molecular formula is C19H15NO3. The minimum absolute atomic E-state index is 0.162. The molecule has 23 heavy (non-hydrogen) atoms. The lowest BCUT2D eigenvalue weighted by molar-refractivity contribution is 0.0696. The van der Waals surface area contributed by atoms with Crippen molar-refractivity contribution in [1.29, 1.82) is 0 Å². The van der Waals surface area contributed by atoms with Crippen LogP contribution in [0.15, 0.2) is 66.7 Å². The van der Waals surface area contributed by atoms with E-state index >= 15 is 0 Å². The molecule has 1 amide bonds. The molecule has 0 atom stereocenters. The number of anilines is 1. The van der Waals surface area contributed by atoms with Crippen molar-refractivity contribution < 1.29 is 14.7 Å². The second-order valence-electron chi connectivity index (χ2n) is 5.28. The fourth-order valence-electron chi connectivity index (χ4n) is 2.45. The van der Waals surface area contributed by atoms with E-state index in [4.69, 9.17) is 5.11 Å². The summed E-state index contributed by atoms with van der Waals surface area (Å²) >= 11 is 0. The zero-order chi connectivity index (χ0) is 16.4. The van der Waals surface area contributed by atoms with Gasteiger partial charge in [-0.05, 0) is 47.2 Å². The molecule has 0 bridgehead atoms. The van der Waals surface area contributed by atoms with Gasteiger partial charge in [0.15, 0.2) is 0 Å². The van der Waals surface area contributed by atoms with E-state index in [1.54, 1.807) is 11.9 Å². The van der Waals surface area contributed by atoms with E-state index in [2.05, 4.69) is 0 Å². The van der Waals surface area contributed by atoms with E-state index in [-0.39, 0.29) is 11.5 Å². The molecule has 0 radical (unpaired) electrons. The van der Waals surface area contributed by atoms with Crippen molar-refractivity contribution in [3.63, 3.8) is 0 Å². The third kappa shape index (κ3) is 2.92. The van der Waals surface area contributed by atoms with Gasteiger partial charge in [-0.15, -0.1) is 0 Å². The normalized spacial score (nSPS) is 10.5. The number of nitrogens with zero attached hydrogens (tertiary/aromatic N) is 1. The lowest BCUT2D eigenvalue weighted by Crippen LogP contribution is -2.26. The Morgan fingerprint density at radius 3 is 2.09 bits per heavy atom. The van der Waals surface area contributed by atoms with Gasteiger partial charge in [-0.2, -0.15) is 0 Å². The highest BCUT2D eigenvalue weighted by Crippen LogP contribution is 2.22. The van der Waals surface area contributed by atoms with Gasteiger partial charge >= 0.3 is 5.97 Å². The summed E-state index contributed by atoms with van der Waals surface area (Å²) < 4.78 is 0. The number of aromatic carboxylic acids is 1. The van der Waals surface area contributed by atoms with Crippen LogP contribution in [0.2, 0.25) is 0 Å². The van der Waals surface area contributed by atoms with Gasteiger partial charge in [-0.1, -0.05) is 30.3 Å². The van der Waals surface area contributed by atoms with Crippen LogP contribution < -0.4 is 4.90 Å². The standard InChI is InChI=1S/C19H15NO3/c1-20(17-11-10-13-4-2-3-5-16(13)12-17)18(21)14-6-8-15(9-7-14)19(22)23/h2-12H,1H3,(H,22,23). The van der Waals surface area contributed by atoms with Gasteiger partial charge in [-0.25, -0.2) is 4.79 Å². The second kappa shape index (κ2) is 5.93. The minimum Gasteiger partial charge on any atom is -0.478 e. The summed E-state index contributed by atoms with van der Waals surface area (Å²) in [5.41, 5.74) is 1.40. The topological polar surface area (TPSA) is 57.6 Å². The first kappa shape index (κ1) is 14.8. The third-order valence-corrected chi connectivity index (χ3v) is 3.80. The Balaban J connectivity index is 1.89. The van der Waals surface area contributed by atoms with Gasteiger partial charge in [0.2, 0.25) is 0 Å². The lowest BCUT2D eigenvalue weighted by atomic mass is 10.1. The molecule has 0 aliphatic carbocycles. The average molecular weight is 305 g/mol. The van der Waals surface area contributed by atoms with Gasteiger partial charge in [0.25, 0.3) is 5.91 Å². The maximum absolute atomic E-state index is 12.5. The Morgan fingerprint density at radius 1 is 0.826 bits per heavy atom. The highest BCUT2D eigenvalue weighted by molar-refractivity contribution is 6.07. The number of carboxylic acids is 1. The van der Waals surface area contributed by atoms with E-state index in [1.165, 1.54) is 24.3 Å². The fourth-order valence-corrected chi connectivity index (χ4v) is 2.45. The molecule has 0 spiro atoms. The Labute approximate surface area is 133 Å². The number of carbonyl (C=O) groups excluding carboxylic acids is 1. The van der Waals surface area contributed by atoms with E-state index in [9.17, 15) is 9.59 Å². The van der Waals surface area contributed by atoms with Crippen LogP contribution in [0, 0.1) is 0 Å². The summed E-state index contributed by atoms with van der Waals surface area (Å²) in [6.45, 7) is 0. The summed E-state index contributed by atoms with van der Waals surface area (Å²) in [7, 11) is 1.71. The molecule has 3 rings (SSSR count). The molecule has 114 valence electrons. The Morgan fingerprint density at radius 2 is 1.43 bits per heavy atom. The first-order valence-electron chi connectivity index (χ1n) is 7.16. The fraction of sp³-hybridized carbons (Fsp3) is 0.0526. The summed E-state index contributed by atoms with van der Waals surface area (Å²) in [4.78, 5) is 25.0. The van der Waals surface area contributed by atoms with E-state index < -0.39 is 5.97 Å². The third-order valence-electron chi connectivity index (χ3n) is 3.80. The van der Waals surface area contributed by atoms with Crippen molar-refractivity contribution in [2.75, 3.05) is 11.9 Å². The Hall–Kier alpha value is -3.14. The molecular weight excluding hydrogens is 290 g/mol. The molecule has 0 aromatic heterocycles. The maximum Gasteiger partial charge on any atom is 0.335 e. The van der Waals surface area contributed by atoms with Gasteiger partial charge in [0.05, 0.1) is 5.56 Å². The van der Waals surface area contributed by atoms with Crippen LogP contribution in [-0.4, -0.2) is 24.0 Å². The molecule has 3 aromatic carbocycles. The highest BCUT2D eigenvalue weighted by atomic mass is 16.4. The average Bonchev–Trinajstić information content (AvgIpc) is 2.60. The number of hydrogen-bond acceptors (Lipinski definition) is 2. The predicted molar refractivity (Wildman–Crippen MR) is 90.1 cm³/mol. The van der Waals surface area contributed by atoms with Crippen molar-refractivity contribution in [1.82, 2.24) is 0 Å². The van der Waals surface area contributed by atoms with Gasteiger partial charge in [0, 0.05) is 18.3 Å². The molecule has 0 saturated carbocycles. The van der Waals surface area contributed by atoms with E-state index in [0.29, 0.717) is 5.56 Å². The molecule has 0 saturated heterocycles. The highest BCUT2D eigenvalue weighted by Gasteiger charge is 2.14. The number of hydrogen-bond donors (Lipinski definition) is 1. The van der Waals surface area contributed by atoms with Crippen LogP contribution in [0.1, 0.15) is 20.7 Å². The smallest absolute Gasteiger partial charge is 0.335 e. The molecule has 0 heterocycles. The van der Waals surface area contributed by atoms with Crippen LogP contribution in [0.5, 0.6) is 0 Å². The van der Waals surface area contributed by atoms with Crippen molar-refractivity contribution in [2.45, 2.75) is 0 Å². The molecule has 0 fully saturated rings. The number of benzene rings is 3. The van der Waals surface area contributed by atoms with Crippen LogP contribution in [0.3, 0.4) is 0 Å². The number of carboxylic acid groups (broad SMARTS) is 1. The summed E-state index contributed by atoms with van der Waals surface area (Å²) in [5, 5.41) is 11.1. The molecule has 0 aliphatic heterocycles.